The van der Waals surface area contributed by atoms with E-state index in [0.717, 1.165) is 21.4 Å². The first-order valence-corrected chi connectivity index (χ1v) is 10.3. The van der Waals surface area contributed by atoms with Gasteiger partial charge in [-0.05, 0) is 43.2 Å². The van der Waals surface area contributed by atoms with Crippen LogP contribution in [0.1, 0.15) is 16.7 Å². The van der Waals surface area contributed by atoms with E-state index in [1.165, 1.54) is 18.0 Å². The van der Waals surface area contributed by atoms with E-state index in [4.69, 9.17) is 9.47 Å². The standard InChI is InChI=1S/C20H22N2O4S/c1-14-5-6-15(2)17(11-14)13-26-18-8-7-16(12-19(18)25-3)20-21-9-10-22(20)27(4,23)24/h5-12H,13H2,1-4H3. The maximum Gasteiger partial charge on any atom is 0.237 e. The second-order valence-corrected chi connectivity index (χ2v) is 8.25. The molecule has 0 amide bonds. The average Bonchev–Trinajstić information content (AvgIpc) is 3.12. The lowest BCUT2D eigenvalue weighted by atomic mass is 10.1. The number of nitrogens with zero attached hydrogens (tertiary/aromatic N) is 2. The summed E-state index contributed by atoms with van der Waals surface area (Å²) in [7, 11) is -1.89. The molecule has 0 aliphatic carbocycles. The lowest BCUT2D eigenvalue weighted by Gasteiger charge is -2.14. The van der Waals surface area contributed by atoms with E-state index in [2.05, 4.69) is 23.2 Å². The molecule has 0 aliphatic rings. The number of benzene rings is 2. The normalized spacial score (nSPS) is 11.4. The monoisotopic (exact) mass is 386 g/mol. The van der Waals surface area contributed by atoms with Crippen LogP contribution in [0.15, 0.2) is 48.8 Å². The van der Waals surface area contributed by atoms with Crippen molar-refractivity contribution in [3.8, 4) is 22.9 Å². The molecule has 0 radical (unpaired) electrons. The number of ether oxygens (including phenoxy) is 2. The molecule has 1 heterocycles. The van der Waals surface area contributed by atoms with Crippen molar-refractivity contribution in [1.29, 1.82) is 0 Å². The summed E-state index contributed by atoms with van der Waals surface area (Å²) in [6, 6.07) is 11.5. The molecule has 0 unspecified atom stereocenters. The summed E-state index contributed by atoms with van der Waals surface area (Å²) in [5.41, 5.74) is 4.07. The molecule has 0 atom stereocenters. The van der Waals surface area contributed by atoms with Crippen LogP contribution in [0.25, 0.3) is 11.4 Å². The van der Waals surface area contributed by atoms with E-state index < -0.39 is 10.0 Å². The van der Waals surface area contributed by atoms with Crippen LogP contribution in [-0.4, -0.2) is 30.7 Å². The highest BCUT2D eigenvalue weighted by molar-refractivity contribution is 7.89. The predicted molar refractivity (Wildman–Crippen MR) is 105 cm³/mol. The van der Waals surface area contributed by atoms with Crippen LogP contribution in [0.4, 0.5) is 0 Å². The van der Waals surface area contributed by atoms with Gasteiger partial charge in [0.1, 0.15) is 6.61 Å². The van der Waals surface area contributed by atoms with Crippen LogP contribution >= 0.6 is 0 Å². The van der Waals surface area contributed by atoms with Crippen LogP contribution in [0, 0.1) is 13.8 Å². The highest BCUT2D eigenvalue weighted by Gasteiger charge is 2.16. The zero-order chi connectivity index (χ0) is 19.6. The molecule has 7 heteroatoms. The topological polar surface area (TPSA) is 70.4 Å². The summed E-state index contributed by atoms with van der Waals surface area (Å²) >= 11 is 0. The van der Waals surface area contributed by atoms with Gasteiger partial charge in [0.2, 0.25) is 10.0 Å². The first-order valence-electron chi connectivity index (χ1n) is 8.41. The van der Waals surface area contributed by atoms with Gasteiger partial charge < -0.3 is 9.47 Å². The van der Waals surface area contributed by atoms with Crippen molar-refractivity contribution in [3.63, 3.8) is 0 Å². The average molecular weight is 386 g/mol. The van der Waals surface area contributed by atoms with Gasteiger partial charge in [-0.3, -0.25) is 0 Å². The molecule has 6 nitrogen and oxygen atoms in total. The second-order valence-electron chi connectivity index (χ2n) is 6.39. The molecular formula is C20H22N2O4S. The lowest BCUT2D eigenvalue weighted by molar-refractivity contribution is 0.284. The molecule has 0 aliphatic heterocycles. The molecule has 3 rings (SSSR count). The smallest absolute Gasteiger partial charge is 0.237 e. The van der Waals surface area contributed by atoms with Crippen molar-refractivity contribution in [1.82, 2.24) is 8.96 Å². The van der Waals surface area contributed by atoms with E-state index in [-0.39, 0.29) is 0 Å². The van der Waals surface area contributed by atoms with Crippen molar-refractivity contribution in [2.75, 3.05) is 13.4 Å². The Kier molecular flexibility index (Phi) is 5.23. The summed E-state index contributed by atoms with van der Waals surface area (Å²) < 4.78 is 36.3. The maximum absolute atomic E-state index is 11.9. The van der Waals surface area contributed by atoms with Gasteiger partial charge in [0.25, 0.3) is 0 Å². The summed E-state index contributed by atoms with van der Waals surface area (Å²) in [4.78, 5) is 4.16. The van der Waals surface area contributed by atoms with Gasteiger partial charge >= 0.3 is 0 Å². The minimum Gasteiger partial charge on any atom is -0.493 e. The number of hydrogen-bond donors (Lipinski definition) is 0. The Morgan fingerprint density at radius 2 is 1.85 bits per heavy atom. The van der Waals surface area contributed by atoms with Crippen molar-refractivity contribution >= 4 is 10.0 Å². The van der Waals surface area contributed by atoms with Crippen molar-refractivity contribution in [2.24, 2.45) is 0 Å². The molecule has 27 heavy (non-hydrogen) atoms. The Labute approximate surface area is 159 Å². The second kappa shape index (κ2) is 7.44. The molecule has 1 aromatic heterocycles. The highest BCUT2D eigenvalue weighted by Crippen LogP contribution is 2.33. The molecule has 0 saturated carbocycles. The van der Waals surface area contributed by atoms with Gasteiger partial charge in [0.05, 0.1) is 13.4 Å². The molecular weight excluding hydrogens is 364 g/mol. The predicted octanol–water partition coefficient (Wildman–Crippen LogP) is 3.56. The quantitative estimate of drug-likeness (QED) is 0.648. The third-order valence-corrected chi connectivity index (χ3v) is 5.28. The van der Waals surface area contributed by atoms with Gasteiger partial charge in [-0.1, -0.05) is 23.8 Å². The van der Waals surface area contributed by atoms with Crippen molar-refractivity contribution in [2.45, 2.75) is 20.5 Å². The first kappa shape index (κ1) is 19.0. The molecule has 0 spiro atoms. The highest BCUT2D eigenvalue weighted by atomic mass is 32.2. The van der Waals surface area contributed by atoms with E-state index in [1.807, 2.05) is 13.8 Å². The summed E-state index contributed by atoms with van der Waals surface area (Å²) in [5.74, 6) is 1.43. The third-order valence-electron chi connectivity index (χ3n) is 4.27. The molecule has 2 aromatic carbocycles. The number of aryl methyl sites for hydroxylation is 2. The van der Waals surface area contributed by atoms with E-state index in [9.17, 15) is 8.42 Å². The van der Waals surface area contributed by atoms with Crippen LogP contribution in [0.2, 0.25) is 0 Å². The van der Waals surface area contributed by atoms with E-state index in [1.54, 1.807) is 25.3 Å². The molecule has 142 valence electrons. The number of methoxy groups -OCH3 is 1. The first-order chi connectivity index (χ1) is 12.8. The van der Waals surface area contributed by atoms with Crippen LogP contribution in [0.5, 0.6) is 11.5 Å². The van der Waals surface area contributed by atoms with Crippen molar-refractivity contribution < 1.29 is 17.9 Å². The largest absolute Gasteiger partial charge is 0.493 e. The Morgan fingerprint density at radius 3 is 2.56 bits per heavy atom. The van der Waals surface area contributed by atoms with E-state index >= 15 is 0 Å². The van der Waals surface area contributed by atoms with Crippen LogP contribution in [-0.2, 0) is 16.6 Å². The fourth-order valence-corrected chi connectivity index (χ4v) is 3.54. The summed E-state index contributed by atoms with van der Waals surface area (Å²) in [6.07, 6.45) is 4.01. The number of imidazole rings is 1. The Balaban J connectivity index is 1.89. The SMILES string of the molecule is COc1cc(-c2nccn2S(C)(=O)=O)ccc1OCc1cc(C)ccc1C. The zero-order valence-corrected chi connectivity index (χ0v) is 16.6. The molecule has 0 saturated heterocycles. The van der Waals surface area contributed by atoms with Gasteiger partial charge in [0, 0.05) is 18.0 Å². The Hall–Kier alpha value is -2.80. The van der Waals surface area contributed by atoms with E-state index in [0.29, 0.717) is 29.5 Å². The maximum atomic E-state index is 11.9. The molecule has 0 fully saturated rings. The number of rotatable bonds is 6. The molecule has 0 N–H and O–H groups in total. The molecule has 0 bridgehead atoms. The summed E-state index contributed by atoms with van der Waals surface area (Å²) in [6.45, 7) is 4.51. The van der Waals surface area contributed by atoms with Gasteiger partial charge in [-0.25, -0.2) is 17.4 Å². The van der Waals surface area contributed by atoms with Gasteiger partial charge in [-0.15, -0.1) is 0 Å². The van der Waals surface area contributed by atoms with Crippen LogP contribution < -0.4 is 9.47 Å². The summed E-state index contributed by atoms with van der Waals surface area (Å²) in [5, 5.41) is 0. The Bertz CT molecular complexity index is 1070. The minimum absolute atomic E-state index is 0.330. The number of hydrogen-bond acceptors (Lipinski definition) is 5. The zero-order valence-electron chi connectivity index (χ0n) is 15.8. The van der Waals surface area contributed by atoms with Crippen LogP contribution in [0.3, 0.4) is 0 Å². The Morgan fingerprint density at radius 1 is 1.07 bits per heavy atom. The fourth-order valence-electron chi connectivity index (χ4n) is 2.80. The van der Waals surface area contributed by atoms with Gasteiger partial charge in [-0.2, -0.15) is 0 Å². The minimum atomic E-state index is -3.44. The lowest BCUT2D eigenvalue weighted by Crippen LogP contribution is -2.10. The van der Waals surface area contributed by atoms with Gasteiger partial charge in [0.15, 0.2) is 17.3 Å². The third kappa shape index (κ3) is 4.14. The molecule has 3 aromatic rings. The fraction of sp³-hybridized carbons (Fsp3) is 0.250. The van der Waals surface area contributed by atoms with Crippen molar-refractivity contribution in [3.05, 3.63) is 65.5 Å². The number of aromatic nitrogens is 2.